The first-order valence-electron chi connectivity index (χ1n) is 8.04. The van der Waals surface area contributed by atoms with Gasteiger partial charge in [0.1, 0.15) is 5.82 Å². The number of ether oxygens (including phenoxy) is 2. The fourth-order valence-corrected chi connectivity index (χ4v) is 3.16. The molecule has 1 aromatic heterocycles. The third-order valence-electron chi connectivity index (χ3n) is 4.39. The molecule has 7 heteroatoms. The summed E-state index contributed by atoms with van der Waals surface area (Å²) in [5.74, 6) is 0.0320. The Bertz CT molecular complexity index is 510. The molecular weight excluding hydrogens is 309 g/mol. The largest absolute Gasteiger partial charge is 0.419 e. The van der Waals surface area contributed by atoms with Crippen LogP contribution in [-0.2, 0) is 15.7 Å². The van der Waals surface area contributed by atoms with Crippen molar-refractivity contribution in [3.8, 4) is 0 Å². The van der Waals surface area contributed by atoms with E-state index in [1.54, 1.807) is 4.90 Å². The van der Waals surface area contributed by atoms with Crippen molar-refractivity contribution in [3.05, 3.63) is 23.9 Å². The Labute approximate surface area is 133 Å². The van der Waals surface area contributed by atoms with Crippen LogP contribution >= 0.6 is 0 Å². The molecule has 1 aromatic rings. The number of halogens is 3. The number of anilines is 1. The summed E-state index contributed by atoms with van der Waals surface area (Å²) < 4.78 is 50.6. The molecular formula is C16H21F3N2O2. The van der Waals surface area contributed by atoms with E-state index in [9.17, 15) is 13.2 Å². The number of pyridine rings is 1. The lowest BCUT2D eigenvalue weighted by molar-refractivity contribution is -0.137. The Morgan fingerprint density at radius 2 is 1.74 bits per heavy atom. The van der Waals surface area contributed by atoms with Crippen LogP contribution < -0.4 is 4.90 Å². The van der Waals surface area contributed by atoms with Crippen LogP contribution in [0, 0.1) is 0 Å². The number of nitrogens with zero attached hydrogens (tertiary/aromatic N) is 2. The Morgan fingerprint density at radius 1 is 1.09 bits per heavy atom. The average Bonchev–Trinajstić information content (AvgIpc) is 2.56. The van der Waals surface area contributed by atoms with E-state index in [-0.39, 0.29) is 18.0 Å². The van der Waals surface area contributed by atoms with E-state index in [1.807, 2.05) is 0 Å². The molecule has 4 nitrogen and oxygen atoms in total. The highest BCUT2D eigenvalue weighted by Crippen LogP contribution is 2.36. The molecule has 0 aliphatic carbocycles. The topological polar surface area (TPSA) is 34.6 Å². The average molecular weight is 330 g/mol. The van der Waals surface area contributed by atoms with Crippen molar-refractivity contribution in [2.75, 3.05) is 31.2 Å². The maximum atomic E-state index is 13.1. The molecule has 0 atom stereocenters. The first-order valence-corrected chi connectivity index (χ1v) is 8.04. The second-order valence-corrected chi connectivity index (χ2v) is 6.01. The fourth-order valence-electron chi connectivity index (χ4n) is 3.16. The summed E-state index contributed by atoms with van der Waals surface area (Å²) in [4.78, 5) is 5.67. The van der Waals surface area contributed by atoms with Crippen molar-refractivity contribution in [1.82, 2.24) is 4.98 Å². The fraction of sp³-hybridized carbons (Fsp3) is 0.688. The van der Waals surface area contributed by atoms with Gasteiger partial charge < -0.3 is 14.4 Å². The molecule has 0 N–H and O–H groups in total. The smallest absolute Gasteiger partial charge is 0.381 e. The lowest BCUT2D eigenvalue weighted by Gasteiger charge is -2.36. The molecule has 0 bridgehead atoms. The number of hydrogen-bond acceptors (Lipinski definition) is 4. The minimum absolute atomic E-state index is 0.0320. The van der Waals surface area contributed by atoms with Gasteiger partial charge in [-0.25, -0.2) is 4.98 Å². The minimum atomic E-state index is -4.38. The second kappa shape index (κ2) is 7.05. The Morgan fingerprint density at radius 3 is 2.39 bits per heavy atom. The van der Waals surface area contributed by atoms with Crippen LogP contribution in [0.15, 0.2) is 18.3 Å². The molecule has 0 unspecified atom stereocenters. The number of hydrogen-bond donors (Lipinski definition) is 0. The van der Waals surface area contributed by atoms with E-state index in [1.165, 1.54) is 12.3 Å². The van der Waals surface area contributed by atoms with E-state index in [0.29, 0.717) is 13.1 Å². The van der Waals surface area contributed by atoms with E-state index in [2.05, 4.69) is 4.98 Å². The molecule has 0 saturated carbocycles. The molecule has 0 radical (unpaired) electrons. The normalized spacial score (nSPS) is 21.6. The zero-order valence-corrected chi connectivity index (χ0v) is 12.9. The van der Waals surface area contributed by atoms with Gasteiger partial charge in [-0.2, -0.15) is 13.2 Å². The zero-order valence-electron chi connectivity index (χ0n) is 12.9. The van der Waals surface area contributed by atoms with Gasteiger partial charge in [-0.05, 0) is 37.8 Å². The molecule has 0 amide bonds. The van der Waals surface area contributed by atoms with Gasteiger partial charge in [-0.3, -0.25) is 0 Å². The molecule has 128 valence electrons. The Kier molecular flexibility index (Phi) is 5.06. The molecule has 0 aromatic carbocycles. The van der Waals surface area contributed by atoms with Gasteiger partial charge in [0.05, 0.1) is 17.8 Å². The summed E-state index contributed by atoms with van der Waals surface area (Å²) in [5, 5.41) is 0. The molecule has 2 aliphatic rings. The van der Waals surface area contributed by atoms with Gasteiger partial charge in [0, 0.05) is 32.5 Å². The highest BCUT2D eigenvalue weighted by molar-refractivity contribution is 5.48. The highest BCUT2D eigenvalue weighted by atomic mass is 19.4. The van der Waals surface area contributed by atoms with Crippen molar-refractivity contribution >= 4 is 5.82 Å². The van der Waals surface area contributed by atoms with E-state index >= 15 is 0 Å². The first kappa shape index (κ1) is 16.5. The maximum absolute atomic E-state index is 13.1. The molecule has 23 heavy (non-hydrogen) atoms. The van der Waals surface area contributed by atoms with Crippen molar-refractivity contribution in [1.29, 1.82) is 0 Å². The van der Waals surface area contributed by atoms with E-state index < -0.39 is 11.7 Å². The van der Waals surface area contributed by atoms with Gasteiger partial charge in [-0.15, -0.1) is 0 Å². The zero-order chi connectivity index (χ0) is 16.3. The lowest BCUT2D eigenvalue weighted by atomic mass is 10.1. The summed E-state index contributed by atoms with van der Waals surface area (Å²) >= 11 is 0. The van der Waals surface area contributed by atoms with Crippen LogP contribution in [-0.4, -0.2) is 43.5 Å². The van der Waals surface area contributed by atoms with Crippen LogP contribution in [0.3, 0.4) is 0 Å². The van der Waals surface area contributed by atoms with Crippen LogP contribution in [0.1, 0.15) is 31.2 Å². The number of piperidine rings is 1. The molecule has 3 heterocycles. The van der Waals surface area contributed by atoms with Crippen molar-refractivity contribution in [3.63, 3.8) is 0 Å². The third kappa shape index (κ3) is 4.14. The van der Waals surface area contributed by atoms with Gasteiger partial charge in [0.2, 0.25) is 0 Å². The summed E-state index contributed by atoms with van der Waals surface area (Å²) in [6.07, 6.45) is 0.635. The molecule has 2 aliphatic heterocycles. The maximum Gasteiger partial charge on any atom is 0.419 e. The number of aromatic nitrogens is 1. The predicted octanol–water partition coefficient (Wildman–Crippen LogP) is 3.26. The number of alkyl halides is 3. The SMILES string of the molecule is FC(F)(F)c1cccnc1N1CCC(OC2CCOCC2)CC1. The van der Waals surface area contributed by atoms with Crippen LogP contribution in [0.25, 0.3) is 0 Å². The standard InChI is InChI=1S/C16H21F3N2O2/c17-16(18,19)14-2-1-7-20-15(14)21-8-3-12(4-9-21)23-13-5-10-22-11-6-13/h1-2,7,12-13H,3-6,8-11H2. The second-order valence-electron chi connectivity index (χ2n) is 6.01. The van der Waals surface area contributed by atoms with Crippen LogP contribution in [0.5, 0.6) is 0 Å². The predicted molar refractivity (Wildman–Crippen MR) is 79.4 cm³/mol. The quantitative estimate of drug-likeness (QED) is 0.852. The summed E-state index contributed by atoms with van der Waals surface area (Å²) in [6.45, 7) is 2.53. The van der Waals surface area contributed by atoms with Gasteiger partial charge >= 0.3 is 6.18 Å². The van der Waals surface area contributed by atoms with E-state index in [0.717, 1.165) is 45.0 Å². The highest BCUT2D eigenvalue weighted by Gasteiger charge is 2.36. The first-order chi connectivity index (χ1) is 11.0. The summed E-state index contributed by atoms with van der Waals surface area (Å²) in [6, 6.07) is 2.42. The summed E-state index contributed by atoms with van der Waals surface area (Å²) in [7, 11) is 0. The lowest BCUT2D eigenvalue weighted by Crippen LogP contribution is -2.40. The van der Waals surface area contributed by atoms with Gasteiger partial charge in [0.15, 0.2) is 0 Å². The van der Waals surface area contributed by atoms with Crippen LogP contribution in [0.4, 0.5) is 19.0 Å². The Balaban J connectivity index is 1.59. The van der Waals surface area contributed by atoms with Crippen LogP contribution in [0.2, 0.25) is 0 Å². The summed E-state index contributed by atoms with van der Waals surface area (Å²) in [5.41, 5.74) is -0.663. The minimum Gasteiger partial charge on any atom is -0.381 e. The van der Waals surface area contributed by atoms with Crippen molar-refractivity contribution < 1.29 is 22.6 Å². The number of rotatable bonds is 3. The van der Waals surface area contributed by atoms with Gasteiger partial charge in [0.25, 0.3) is 0 Å². The molecule has 2 saturated heterocycles. The molecule has 3 rings (SSSR count). The Hall–Kier alpha value is -1.34. The van der Waals surface area contributed by atoms with Crippen molar-refractivity contribution in [2.24, 2.45) is 0 Å². The van der Waals surface area contributed by atoms with Gasteiger partial charge in [-0.1, -0.05) is 0 Å². The molecule has 0 spiro atoms. The third-order valence-corrected chi connectivity index (χ3v) is 4.39. The molecule has 2 fully saturated rings. The van der Waals surface area contributed by atoms with Crippen molar-refractivity contribution in [2.45, 2.75) is 44.1 Å². The van der Waals surface area contributed by atoms with E-state index in [4.69, 9.17) is 9.47 Å². The monoisotopic (exact) mass is 330 g/mol.